The number of benzene rings is 2. The van der Waals surface area contributed by atoms with Crippen molar-refractivity contribution in [1.82, 2.24) is 18.8 Å². The third kappa shape index (κ3) is 4.08. The number of aryl methyl sites for hydroxylation is 1. The summed E-state index contributed by atoms with van der Waals surface area (Å²) < 4.78 is 41.9. The summed E-state index contributed by atoms with van der Waals surface area (Å²) in [4.78, 5) is 40.3. The monoisotopic (exact) mass is 460 g/mol. The minimum Gasteiger partial charge on any atom is -0.340 e. The molecule has 1 N–H and O–H groups in total. The van der Waals surface area contributed by atoms with Crippen LogP contribution in [0.25, 0.3) is 10.9 Å². The number of halogens is 1. The van der Waals surface area contributed by atoms with Crippen LogP contribution in [0, 0.1) is 5.82 Å². The lowest BCUT2D eigenvalue weighted by Crippen LogP contribution is -2.50. The summed E-state index contributed by atoms with van der Waals surface area (Å²) in [5.74, 6) is -1.06. The number of aromatic amines is 1. The molecule has 4 rings (SSSR count). The molecule has 9 nitrogen and oxygen atoms in total. The summed E-state index contributed by atoms with van der Waals surface area (Å²) in [5.41, 5.74) is -0.641. The number of aromatic nitrogens is 2. The number of nitrogens with zero attached hydrogens (tertiary/aromatic N) is 3. The Morgan fingerprint density at radius 2 is 1.62 bits per heavy atom. The highest BCUT2D eigenvalue weighted by atomic mass is 32.2. The van der Waals surface area contributed by atoms with Crippen LogP contribution in [0.5, 0.6) is 0 Å². The van der Waals surface area contributed by atoms with Gasteiger partial charge in [0.15, 0.2) is 0 Å². The van der Waals surface area contributed by atoms with E-state index in [0.29, 0.717) is 10.9 Å². The van der Waals surface area contributed by atoms with Crippen molar-refractivity contribution in [1.29, 1.82) is 0 Å². The van der Waals surface area contributed by atoms with Crippen molar-refractivity contribution in [3.63, 3.8) is 0 Å². The number of hydrogen-bond donors (Lipinski definition) is 1. The van der Waals surface area contributed by atoms with Gasteiger partial charge >= 0.3 is 5.69 Å². The standard InChI is InChI=1S/C21H21FN4O5S/c22-16-6-2-4-8-18(16)32(30,31)25-13-11-24(12-14-25)19(27)9-10-26-17-7-3-1-5-15(17)20(28)23-21(26)29/h1-8H,9-14H2,(H,23,28,29). The van der Waals surface area contributed by atoms with Crippen molar-refractivity contribution in [2.24, 2.45) is 0 Å². The van der Waals surface area contributed by atoms with E-state index in [0.717, 1.165) is 10.4 Å². The second-order valence-electron chi connectivity index (χ2n) is 7.39. The van der Waals surface area contributed by atoms with E-state index in [2.05, 4.69) is 4.98 Å². The highest BCUT2D eigenvalue weighted by Gasteiger charge is 2.31. The van der Waals surface area contributed by atoms with Gasteiger partial charge in [0, 0.05) is 39.1 Å². The number of fused-ring (bicyclic) bond motifs is 1. The maximum Gasteiger partial charge on any atom is 0.328 e. The van der Waals surface area contributed by atoms with Crippen molar-refractivity contribution in [3.8, 4) is 0 Å². The minimum absolute atomic E-state index is 0.00993. The Kier molecular flexibility index (Phi) is 5.94. The molecule has 1 aliphatic rings. The fourth-order valence-corrected chi connectivity index (χ4v) is 5.29. The third-order valence-corrected chi connectivity index (χ3v) is 7.43. The molecule has 0 saturated carbocycles. The number of para-hydroxylation sites is 1. The second kappa shape index (κ2) is 8.67. The molecular formula is C21H21FN4O5S. The van der Waals surface area contributed by atoms with Crippen molar-refractivity contribution in [2.45, 2.75) is 17.9 Å². The lowest BCUT2D eigenvalue weighted by molar-refractivity contribution is -0.132. The van der Waals surface area contributed by atoms with E-state index in [9.17, 15) is 27.2 Å². The first kappa shape index (κ1) is 21.9. The Balaban J connectivity index is 1.42. The largest absolute Gasteiger partial charge is 0.340 e. The quantitative estimate of drug-likeness (QED) is 0.604. The van der Waals surface area contributed by atoms with Crippen LogP contribution in [0.2, 0.25) is 0 Å². The number of carbonyl (C=O) groups excluding carboxylic acids is 1. The van der Waals surface area contributed by atoms with Crippen molar-refractivity contribution >= 4 is 26.8 Å². The van der Waals surface area contributed by atoms with Gasteiger partial charge in [-0.15, -0.1) is 0 Å². The molecule has 1 saturated heterocycles. The molecule has 0 spiro atoms. The number of rotatable bonds is 5. The van der Waals surface area contributed by atoms with E-state index >= 15 is 0 Å². The van der Waals surface area contributed by atoms with Gasteiger partial charge in [-0.2, -0.15) is 4.31 Å². The molecule has 1 aliphatic heterocycles. The van der Waals surface area contributed by atoms with Crippen molar-refractivity contribution in [3.05, 3.63) is 75.2 Å². The Labute approximate surface area is 182 Å². The minimum atomic E-state index is -3.99. The fourth-order valence-electron chi connectivity index (χ4n) is 3.80. The number of nitrogens with one attached hydrogen (secondary N) is 1. The first-order chi connectivity index (χ1) is 15.3. The number of amides is 1. The molecule has 11 heteroatoms. The molecule has 0 aliphatic carbocycles. The number of carbonyl (C=O) groups is 1. The van der Waals surface area contributed by atoms with Crippen molar-refractivity contribution < 1.29 is 17.6 Å². The summed E-state index contributed by atoms with van der Waals surface area (Å²) in [5, 5.41) is 0.353. The van der Waals surface area contributed by atoms with E-state index in [4.69, 9.17) is 0 Å². The Morgan fingerprint density at radius 3 is 2.34 bits per heavy atom. The summed E-state index contributed by atoms with van der Waals surface area (Å²) in [6, 6.07) is 11.8. The number of sulfonamides is 1. The van der Waals surface area contributed by atoms with Crippen LogP contribution in [0.3, 0.4) is 0 Å². The van der Waals surface area contributed by atoms with Crippen LogP contribution in [-0.4, -0.2) is 59.3 Å². The molecule has 32 heavy (non-hydrogen) atoms. The van der Waals surface area contributed by atoms with Gasteiger partial charge in [-0.05, 0) is 24.3 Å². The third-order valence-electron chi connectivity index (χ3n) is 5.50. The lowest BCUT2D eigenvalue weighted by Gasteiger charge is -2.34. The zero-order valence-electron chi connectivity index (χ0n) is 17.0. The molecule has 0 radical (unpaired) electrons. The Bertz CT molecular complexity index is 1390. The zero-order valence-corrected chi connectivity index (χ0v) is 17.8. The number of hydrogen-bond acceptors (Lipinski definition) is 5. The molecule has 2 aromatic carbocycles. The number of H-pyrrole nitrogens is 1. The van der Waals surface area contributed by atoms with Gasteiger partial charge in [0.1, 0.15) is 10.7 Å². The smallest absolute Gasteiger partial charge is 0.328 e. The molecule has 1 amide bonds. The fraction of sp³-hybridized carbons (Fsp3) is 0.286. The molecular weight excluding hydrogens is 439 g/mol. The van der Waals surface area contributed by atoms with Gasteiger partial charge in [0.2, 0.25) is 15.9 Å². The van der Waals surface area contributed by atoms with Crippen LogP contribution < -0.4 is 11.2 Å². The average Bonchev–Trinajstić information content (AvgIpc) is 2.79. The van der Waals surface area contributed by atoms with E-state index in [-0.39, 0.29) is 49.9 Å². The van der Waals surface area contributed by atoms with Gasteiger partial charge < -0.3 is 4.90 Å². The van der Waals surface area contributed by atoms with E-state index in [1.54, 1.807) is 24.3 Å². The van der Waals surface area contributed by atoms with E-state index in [1.165, 1.54) is 27.7 Å². The highest BCUT2D eigenvalue weighted by Crippen LogP contribution is 2.20. The number of piperazine rings is 1. The molecule has 0 bridgehead atoms. The SMILES string of the molecule is O=C(CCn1c(=O)[nH]c(=O)c2ccccc21)N1CCN(S(=O)(=O)c2ccccc2F)CC1. The van der Waals surface area contributed by atoms with Crippen molar-refractivity contribution in [2.75, 3.05) is 26.2 Å². The maximum absolute atomic E-state index is 14.0. The van der Waals surface area contributed by atoms with Gasteiger partial charge in [-0.25, -0.2) is 17.6 Å². The van der Waals surface area contributed by atoms with Crippen LogP contribution >= 0.6 is 0 Å². The van der Waals surface area contributed by atoms with Crippen LogP contribution in [0.4, 0.5) is 4.39 Å². The predicted octanol–water partition coefficient (Wildman–Crippen LogP) is 0.752. The van der Waals surface area contributed by atoms with Gasteiger partial charge in [0.25, 0.3) is 5.56 Å². The predicted molar refractivity (Wildman–Crippen MR) is 115 cm³/mol. The molecule has 3 aromatic rings. The molecule has 2 heterocycles. The summed E-state index contributed by atoms with van der Waals surface area (Å²) in [6.45, 7) is 0.484. The first-order valence-corrected chi connectivity index (χ1v) is 11.5. The summed E-state index contributed by atoms with van der Waals surface area (Å²) >= 11 is 0. The molecule has 0 atom stereocenters. The maximum atomic E-state index is 14.0. The molecule has 1 aromatic heterocycles. The molecule has 1 fully saturated rings. The van der Waals surface area contributed by atoms with Gasteiger partial charge in [-0.3, -0.25) is 19.1 Å². The van der Waals surface area contributed by atoms with E-state index < -0.39 is 27.1 Å². The van der Waals surface area contributed by atoms with Crippen LogP contribution in [0.1, 0.15) is 6.42 Å². The summed E-state index contributed by atoms with van der Waals surface area (Å²) in [7, 11) is -3.99. The second-order valence-corrected chi connectivity index (χ2v) is 9.30. The van der Waals surface area contributed by atoms with E-state index in [1.807, 2.05) is 0 Å². The van der Waals surface area contributed by atoms with Gasteiger partial charge in [0.05, 0.1) is 10.9 Å². The van der Waals surface area contributed by atoms with Crippen LogP contribution in [0.15, 0.2) is 63.0 Å². The Hall–Kier alpha value is -3.31. The zero-order chi connectivity index (χ0) is 22.9. The van der Waals surface area contributed by atoms with Crippen LogP contribution in [-0.2, 0) is 21.4 Å². The van der Waals surface area contributed by atoms with Gasteiger partial charge in [-0.1, -0.05) is 24.3 Å². The first-order valence-electron chi connectivity index (χ1n) is 10.0. The average molecular weight is 460 g/mol. The Morgan fingerprint density at radius 1 is 0.969 bits per heavy atom. The topological polar surface area (TPSA) is 113 Å². The highest BCUT2D eigenvalue weighted by molar-refractivity contribution is 7.89. The molecule has 0 unspecified atom stereocenters. The lowest BCUT2D eigenvalue weighted by atomic mass is 10.2. The summed E-state index contributed by atoms with van der Waals surface area (Å²) in [6.07, 6.45) is 0.00993. The normalized spacial score (nSPS) is 15.2. The molecule has 168 valence electrons.